The summed E-state index contributed by atoms with van der Waals surface area (Å²) in [6, 6.07) is 2.26. The highest BCUT2D eigenvalue weighted by Gasteiger charge is 2.19. The summed E-state index contributed by atoms with van der Waals surface area (Å²) in [6.45, 7) is 5.10. The molecule has 0 fully saturated rings. The molecule has 0 bridgehead atoms. The van der Waals surface area contributed by atoms with Crippen molar-refractivity contribution in [3.05, 3.63) is 42.0 Å². The summed E-state index contributed by atoms with van der Waals surface area (Å²) in [4.78, 5) is -0.700. The molecule has 0 saturated carbocycles. The molecule has 0 aromatic heterocycles. The van der Waals surface area contributed by atoms with Crippen LogP contribution in [0.2, 0.25) is 0 Å². The van der Waals surface area contributed by atoms with Crippen molar-refractivity contribution in [2.75, 3.05) is 6.54 Å². The maximum absolute atomic E-state index is 13.2. The molecule has 0 atom stereocenters. The number of nitrogens with one attached hydrogen (secondary N) is 1. The molecule has 0 spiro atoms. The third kappa shape index (κ3) is 3.11. The quantitative estimate of drug-likeness (QED) is 0.825. The van der Waals surface area contributed by atoms with Crippen LogP contribution in [-0.4, -0.2) is 15.0 Å². The zero-order valence-corrected chi connectivity index (χ0v) is 9.44. The number of halogens is 2. The van der Waals surface area contributed by atoms with Crippen LogP contribution in [0.15, 0.2) is 35.2 Å². The van der Waals surface area contributed by atoms with E-state index in [0.29, 0.717) is 11.6 Å². The Bertz CT molecular complexity index is 512. The maximum atomic E-state index is 13.2. The monoisotopic (exact) mass is 247 g/mol. The Hall–Kier alpha value is -1.27. The van der Waals surface area contributed by atoms with E-state index in [1.54, 1.807) is 6.92 Å². The Labute approximate surface area is 92.8 Å². The van der Waals surface area contributed by atoms with Gasteiger partial charge in [0.05, 0.1) is 0 Å². The van der Waals surface area contributed by atoms with Crippen molar-refractivity contribution in [3.8, 4) is 0 Å². The van der Waals surface area contributed by atoms with E-state index in [0.717, 1.165) is 12.1 Å². The molecule has 0 saturated heterocycles. The molecule has 16 heavy (non-hydrogen) atoms. The van der Waals surface area contributed by atoms with Crippen LogP contribution in [0.1, 0.15) is 6.92 Å². The summed E-state index contributed by atoms with van der Waals surface area (Å²) < 4.78 is 51.2. The summed E-state index contributed by atoms with van der Waals surface area (Å²) >= 11 is 0. The first-order chi connectivity index (χ1) is 7.33. The zero-order chi connectivity index (χ0) is 12.3. The second kappa shape index (κ2) is 4.71. The molecule has 6 heteroatoms. The third-order valence-electron chi connectivity index (χ3n) is 1.75. The second-order valence-electron chi connectivity index (χ2n) is 3.36. The van der Waals surface area contributed by atoms with Crippen molar-refractivity contribution < 1.29 is 17.2 Å². The molecule has 0 unspecified atom stereocenters. The summed E-state index contributed by atoms with van der Waals surface area (Å²) in [7, 11) is -4.03. The van der Waals surface area contributed by atoms with Gasteiger partial charge in [-0.3, -0.25) is 0 Å². The smallest absolute Gasteiger partial charge is 0.207 e. The van der Waals surface area contributed by atoms with Crippen LogP contribution in [0.4, 0.5) is 8.78 Å². The van der Waals surface area contributed by atoms with Gasteiger partial charge in [0.2, 0.25) is 10.0 Å². The number of sulfonamides is 1. The van der Waals surface area contributed by atoms with E-state index in [2.05, 4.69) is 11.3 Å². The minimum absolute atomic E-state index is 0.0156. The van der Waals surface area contributed by atoms with Gasteiger partial charge in [-0.15, -0.1) is 0 Å². The lowest BCUT2D eigenvalue weighted by atomic mass is 10.3. The molecular formula is C10H11F2NO2S. The fraction of sp³-hybridized carbons (Fsp3) is 0.200. The first kappa shape index (κ1) is 12.8. The largest absolute Gasteiger partial charge is 0.243 e. The van der Waals surface area contributed by atoms with Gasteiger partial charge in [0.25, 0.3) is 0 Å². The molecule has 1 aromatic carbocycles. The number of hydrogen-bond acceptors (Lipinski definition) is 2. The van der Waals surface area contributed by atoms with E-state index in [4.69, 9.17) is 0 Å². The van der Waals surface area contributed by atoms with E-state index >= 15 is 0 Å². The van der Waals surface area contributed by atoms with E-state index in [9.17, 15) is 17.2 Å². The lowest BCUT2D eigenvalue weighted by Crippen LogP contribution is -2.26. The highest BCUT2D eigenvalue weighted by molar-refractivity contribution is 7.89. The highest BCUT2D eigenvalue weighted by Crippen LogP contribution is 2.15. The predicted octanol–water partition coefficient (Wildman–Crippen LogP) is 1.82. The molecule has 1 aromatic rings. The third-order valence-corrected chi connectivity index (χ3v) is 3.16. The predicted molar refractivity (Wildman–Crippen MR) is 56.4 cm³/mol. The lowest BCUT2D eigenvalue weighted by Gasteiger charge is -2.07. The summed E-state index contributed by atoms with van der Waals surface area (Å²) in [5.74, 6) is -1.80. The SMILES string of the molecule is C=C(C)CNS(=O)(=O)c1cc(F)ccc1F. The average molecular weight is 247 g/mol. The molecule has 0 aliphatic heterocycles. The highest BCUT2D eigenvalue weighted by atomic mass is 32.2. The van der Waals surface area contributed by atoms with Crippen molar-refractivity contribution in [1.29, 1.82) is 0 Å². The first-order valence-corrected chi connectivity index (χ1v) is 5.90. The van der Waals surface area contributed by atoms with Crippen LogP contribution < -0.4 is 4.72 Å². The van der Waals surface area contributed by atoms with E-state index in [1.165, 1.54) is 0 Å². The van der Waals surface area contributed by atoms with Crippen LogP contribution in [0.3, 0.4) is 0 Å². The van der Waals surface area contributed by atoms with E-state index in [1.807, 2.05) is 0 Å². The first-order valence-electron chi connectivity index (χ1n) is 4.42. The molecule has 3 nitrogen and oxygen atoms in total. The van der Waals surface area contributed by atoms with Crippen molar-refractivity contribution in [1.82, 2.24) is 4.72 Å². The van der Waals surface area contributed by atoms with E-state index < -0.39 is 26.6 Å². The Balaban J connectivity index is 3.07. The number of hydrogen-bond donors (Lipinski definition) is 1. The van der Waals surface area contributed by atoms with Gasteiger partial charge in [-0.2, -0.15) is 0 Å². The molecule has 0 aliphatic rings. The van der Waals surface area contributed by atoms with Crippen molar-refractivity contribution >= 4 is 10.0 Å². The van der Waals surface area contributed by atoms with Gasteiger partial charge in [-0.25, -0.2) is 21.9 Å². The molecule has 1 N–H and O–H groups in total. The van der Waals surface area contributed by atoms with Crippen LogP contribution in [-0.2, 0) is 10.0 Å². The topological polar surface area (TPSA) is 46.2 Å². The Morgan fingerprint density at radius 3 is 2.62 bits per heavy atom. The summed E-state index contributed by atoms with van der Waals surface area (Å²) in [6.07, 6.45) is 0. The van der Waals surface area contributed by atoms with Gasteiger partial charge in [0.1, 0.15) is 16.5 Å². The van der Waals surface area contributed by atoms with Crippen LogP contribution in [0.5, 0.6) is 0 Å². The molecule has 0 amide bonds. The molecule has 0 heterocycles. The molecule has 88 valence electrons. The van der Waals surface area contributed by atoms with Gasteiger partial charge >= 0.3 is 0 Å². The number of benzene rings is 1. The molecule has 0 aliphatic carbocycles. The number of rotatable bonds is 4. The lowest BCUT2D eigenvalue weighted by molar-refractivity contribution is 0.547. The Morgan fingerprint density at radius 2 is 2.06 bits per heavy atom. The Morgan fingerprint density at radius 1 is 1.44 bits per heavy atom. The van der Waals surface area contributed by atoms with Crippen molar-refractivity contribution in [2.24, 2.45) is 0 Å². The van der Waals surface area contributed by atoms with E-state index in [-0.39, 0.29) is 6.54 Å². The van der Waals surface area contributed by atoms with Gasteiger partial charge < -0.3 is 0 Å². The molecular weight excluding hydrogens is 236 g/mol. The summed E-state index contributed by atoms with van der Waals surface area (Å²) in [5, 5.41) is 0. The van der Waals surface area contributed by atoms with Crippen LogP contribution >= 0.6 is 0 Å². The van der Waals surface area contributed by atoms with Gasteiger partial charge in [0.15, 0.2) is 0 Å². The maximum Gasteiger partial charge on any atom is 0.243 e. The van der Waals surface area contributed by atoms with Crippen LogP contribution in [0.25, 0.3) is 0 Å². The van der Waals surface area contributed by atoms with Crippen LogP contribution in [0, 0.1) is 11.6 Å². The van der Waals surface area contributed by atoms with Crippen molar-refractivity contribution in [2.45, 2.75) is 11.8 Å². The van der Waals surface area contributed by atoms with Gasteiger partial charge in [0, 0.05) is 6.54 Å². The minimum Gasteiger partial charge on any atom is -0.207 e. The van der Waals surface area contributed by atoms with Crippen molar-refractivity contribution in [3.63, 3.8) is 0 Å². The fourth-order valence-corrected chi connectivity index (χ4v) is 2.16. The Kier molecular flexibility index (Phi) is 3.77. The standard InChI is InChI=1S/C10H11F2NO2S/c1-7(2)6-13-16(14,15)10-5-8(11)3-4-9(10)12/h3-5,13H,1,6H2,2H3. The zero-order valence-electron chi connectivity index (χ0n) is 8.63. The average Bonchev–Trinajstić information content (AvgIpc) is 2.19. The summed E-state index contributed by atoms with van der Waals surface area (Å²) in [5.41, 5.74) is 0.570. The molecule has 0 radical (unpaired) electrons. The fourth-order valence-electron chi connectivity index (χ4n) is 0.979. The van der Waals surface area contributed by atoms with Gasteiger partial charge in [-0.05, 0) is 25.1 Å². The normalized spacial score (nSPS) is 11.4. The molecule has 1 rings (SSSR count). The minimum atomic E-state index is -4.03. The second-order valence-corrected chi connectivity index (χ2v) is 5.09. The van der Waals surface area contributed by atoms with Gasteiger partial charge in [-0.1, -0.05) is 12.2 Å².